The molecule has 0 aliphatic carbocycles. The number of pyridine rings is 1. The van der Waals surface area contributed by atoms with E-state index in [1.807, 2.05) is 30.1 Å². The molecule has 2 aromatic rings. The fourth-order valence-electron chi connectivity index (χ4n) is 1.79. The predicted molar refractivity (Wildman–Crippen MR) is 72.2 cm³/mol. The van der Waals surface area contributed by atoms with Gasteiger partial charge in [-0.1, -0.05) is 6.07 Å². The molecular formula is C14H16N2O2. The Morgan fingerprint density at radius 2 is 2.00 bits per heavy atom. The second kappa shape index (κ2) is 4.64. The third kappa shape index (κ3) is 2.14. The number of carboxylic acids is 1. The maximum Gasteiger partial charge on any atom is 0.336 e. The lowest BCUT2D eigenvalue weighted by molar-refractivity contribution is 0.0699. The zero-order chi connectivity index (χ0) is 13.3. The van der Waals surface area contributed by atoms with E-state index in [4.69, 9.17) is 5.11 Å². The first-order chi connectivity index (χ1) is 8.50. The van der Waals surface area contributed by atoms with E-state index in [2.05, 4.69) is 18.8 Å². The Morgan fingerprint density at radius 1 is 1.28 bits per heavy atom. The van der Waals surface area contributed by atoms with Crippen molar-refractivity contribution < 1.29 is 9.90 Å². The second-order valence-corrected chi connectivity index (χ2v) is 4.55. The van der Waals surface area contributed by atoms with Gasteiger partial charge in [0.2, 0.25) is 0 Å². The number of hydrogen-bond acceptors (Lipinski definition) is 3. The van der Waals surface area contributed by atoms with Crippen LogP contribution in [0.2, 0.25) is 0 Å². The first kappa shape index (κ1) is 12.4. The quantitative estimate of drug-likeness (QED) is 0.902. The highest BCUT2D eigenvalue weighted by Gasteiger charge is 2.11. The third-order valence-electron chi connectivity index (χ3n) is 3.08. The van der Waals surface area contributed by atoms with Gasteiger partial charge in [-0.25, -0.2) is 9.78 Å². The smallest absolute Gasteiger partial charge is 0.336 e. The summed E-state index contributed by atoms with van der Waals surface area (Å²) in [6.45, 7) is 4.17. The summed E-state index contributed by atoms with van der Waals surface area (Å²) in [5, 5.41) is 9.78. The van der Waals surface area contributed by atoms with Crippen molar-refractivity contribution in [3.05, 3.63) is 35.9 Å². The van der Waals surface area contributed by atoms with Crippen LogP contribution in [0.1, 0.15) is 24.2 Å². The van der Waals surface area contributed by atoms with Crippen LogP contribution in [0.5, 0.6) is 0 Å². The number of fused-ring (bicyclic) bond motifs is 1. The van der Waals surface area contributed by atoms with Gasteiger partial charge in [0.1, 0.15) is 5.82 Å². The number of carbonyl (C=O) groups is 1. The molecule has 0 aliphatic heterocycles. The lowest BCUT2D eigenvalue weighted by Crippen LogP contribution is -2.26. The van der Waals surface area contributed by atoms with Gasteiger partial charge in [0.05, 0.1) is 11.1 Å². The van der Waals surface area contributed by atoms with E-state index in [-0.39, 0.29) is 0 Å². The Balaban J connectivity index is 2.57. The number of rotatable bonds is 3. The molecule has 18 heavy (non-hydrogen) atoms. The summed E-state index contributed by atoms with van der Waals surface area (Å²) < 4.78 is 0. The zero-order valence-electron chi connectivity index (χ0n) is 10.7. The summed E-state index contributed by atoms with van der Waals surface area (Å²) >= 11 is 0. The van der Waals surface area contributed by atoms with Crippen LogP contribution in [0.25, 0.3) is 10.9 Å². The maximum atomic E-state index is 11.1. The number of aromatic carboxylic acids is 1. The average Bonchev–Trinajstić information content (AvgIpc) is 2.36. The Kier molecular flexibility index (Phi) is 3.19. The van der Waals surface area contributed by atoms with Crippen molar-refractivity contribution in [2.75, 3.05) is 11.9 Å². The van der Waals surface area contributed by atoms with Crippen molar-refractivity contribution >= 4 is 22.7 Å². The van der Waals surface area contributed by atoms with Gasteiger partial charge in [0.25, 0.3) is 0 Å². The monoisotopic (exact) mass is 244 g/mol. The number of anilines is 1. The molecule has 1 aromatic heterocycles. The van der Waals surface area contributed by atoms with E-state index in [1.165, 1.54) is 0 Å². The van der Waals surface area contributed by atoms with Crippen molar-refractivity contribution in [1.29, 1.82) is 0 Å². The molecule has 2 rings (SSSR count). The number of carboxylic acid groups (broad SMARTS) is 1. The molecular weight excluding hydrogens is 228 g/mol. The zero-order valence-corrected chi connectivity index (χ0v) is 10.7. The molecule has 0 spiro atoms. The molecule has 1 heterocycles. The minimum absolute atomic E-state index is 0.291. The van der Waals surface area contributed by atoms with Crippen molar-refractivity contribution in [1.82, 2.24) is 4.98 Å². The fraction of sp³-hybridized carbons (Fsp3) is 0.286. The van der Waals surface area contributed by atoms with Crippen LogP contribution in [-0.4, -0.2) is 29.1 Å². The molecule has 0 saturated heterocycles. The molecule has 0 saturated carbocycles. The maximum absolute atomic E-state index is 11.1. The summed E-state index contributed by atoms with van der Waals surface area (Å²) in [5.41, 5.74) is 0.999. The highest BCUT2D eigenvalue weighted by atomic mass is 16.4. The summed E-state index contributed by atoms with van der Waals surface area (Å²) in [4.78, 5) is 17.7. The molecule has 0 bridgehead atoms. The van der Waals surface area contributed by atoms with Gasteiger partial charge >= 0.3 is 5.97 Å². The van der Waals surface area contributed by atoms with Gasteiger partial charge in [-0.2, -0.15) is 0 Å². The molecule has 0 amide bonds. The van der Waals surface area contributed by atoms with E-state index in [9.17, 15) is 4.79 Å². The molecule has 1 N–H and O–H groups in total. The van der Waals surface area contributed by atoms with Crippen molar-refractivity contribution in [3.8, 4) is 0 Å². The van der Waals surface area contributed by atoms with Crippen LogP contribution in [0.15, 0.2) is 30.3 Å². The molecule has 4 nitrogen and oxygen atoms in total. The molecule has 0 radical (unpaired) electrons. The van der Waals surface area contributed by atoms with Gasteiger partial charge in [0.15, 0.2) is 0 Å². The van der Waals surface area contributed by atoms with Gasteiger partial charge in [-0.15, -0.1) is 0 Å². The van der Waals surface area contributed by atoms with Crippen molar-refractivity contribution in [3.63, 3.8) is 0 Å². The molecule has 94 valence electrons. The van der Waals surface area contributed by atoms with Crippen LogP contribution in [0, 0.1) is 0 Å². The van der Waals surface area contributed by atoms with Gasteiger partial charge in [-0.05, 0) is 38.1 Å². The predicted octanol–water partition coefficient (Wildman–Crippen LogP) is 2.78. The SMILES string of the molecule is CC(C)N(C)c1ccc2c(C(=O)O)cccc2n1. The summed E-state index contributed by atoms with van der Waals surface area (Å²) in [5.74, 6) is -0.0765. The molecule has 0 aliphatic rings. The summed E-state index contributed by atoms with van der Waals surface area (Å²) in [7, 11) is 1.97. The van der Waals surface area contributed by atoms with Crippen LogP contribution in [-0.2, 0) is 0 Å². The molecule has 0 atom stereocenters. The first-order valence-electron chi connectivity index (χ1n) is 5.86. The molecule has 1 aromatic carbocycles. The number of benzene rings is 1. The Bertz CT molecular complexity index is 593. The second-order valence-electron chi connectivity index (χ2n) is 4.55. The van der Waals surface area contributed by atoms with E-state index in [0.717, 1.165) is 5.82 Å². The van der Waals surface area contributed by atoms with Crippen LogP contribution < -0.4 is 4.90 Å². The Morgan fingerprint density at radius 3 is 2.61 bits per heavy atom. The summed E-state index contributed by atoms with van der Waals surface area (Å²) in [6, 6.07) is 9.17. The van der Waals surface area contributed by atoms with Crippen LogP contribution >= 0.6 is 0 Å². The normalized spacial score (nSPS) is 10.9. The lowest BCUT2D eigenvalue weighted by Gasteiger charge is -2.22. The summed E-state index contributed by atoms with van der Waals surface area (Å²) in [6.07, 6.45) is 0. The molecule has 4 heteroatoms. The lowest BCUT2D eigenvalue weighted by atomic mass is 10.1. The van der Waals surface area contributed by atoms with Crippen molar-refractivity contribution in [2.24, 2.45) is 0 Å². The molecule has 0 fully saturated rings. The minimum atomic E-state index is -0.924. The van der Waals surface area contributed by atoms with Crippen LogP contribution in [0.4, 0.5) is 5.82 Å². The van der Waals surface area contributed by atoms with E-state index in [0.29, 0.717) is 22.5 Å². The van der Waals surface area contributed by atoms with E-state index in [1.54, 1.807) is 12.1 Å². The van der Waals surface area contributed by atoms with E-state index < -0.39 is 5.97 Å². The van der Waals surface area contributed by atoms with Gasteiger partial charge < -0.3 is 10.0 Å². The minimum Gasteiger partial charge on any atom is -0.478 e. The largest absolute Gasteiger partial charge is 0.478 e. The topological polar surface area (TPSA) is 53.4 Å². The van der Waals surface area contributed by atoms with Crippen LogP contribution in [0.3, 0.4) is 0 Å². The van der Waals surface area contributed by atoms with E-state index >= 15 is 0 Å². The third-order valence-corrected chi connectivity index (χ3v) is 3.08. The number of hydrogen-bond donors (Lipinski definition) is 1. The average molecular weight is 244 g/mol. The highest BCUT2D eigenvalue weighted by molar-refractivity contribution is 6.02. The standard InChI is InChI=1S/C14H16N2O2/c1-9(2)16(3)13-8-7-10-11(14(17)18)5-4-6-12(10)15-13/h4-9H,1-3H3,(H,17,18). The van der Waals surface area contributed by atoms with Gasteiger partial charge in [0, 0.05) is 18.5 Å². The molecule has 0 unspecified atom stereocenters. The fourth-order valence-corrected chi connectivity index (χ4v) is 1.79. The number of aromatic nitrogens is 1. The van der Waals surface area contributed by atoms with Gasteiger partial charge in [-0.3, -0.25) is 0 Å². The first-order valence-corrected chi connectivity index (χ1v) is 5.86. The Hall–Kier alpha value is -2.10. The highest BCUT2D eigenvalue weighted by Crippen LogP contribution is 2.21. The Labute approximate surface area is 106 Å². The number of nitrogens with zero attached hydrogens (tertiary/aromatic N) is 2. The van der Waals surface area contributed by atoms with Crippen molar-refractivity contribution in [2.45, 2.75) is 19.9 Å².